The minimum absolute atomic E-state index is 0.0374. The summed E-state index contributed by atoms with van der Waals surface area (Å²) < 4.78 is 0. The highest BCUT2D eigenvalue weighted by atomic mass is 16.4. The second-order valence-electron chi connectivity index (χ2n) is 4.11. The van der Waals surface area contributed by atoms with Crippen molar-refractivity contribution >= 4 is 17.5 Å². The van der Waals surface area contributed by atoms with Crippen molar-refractivity contribution in [3.8, 4) is 0 Å². The smallest absolute Gasteiger partial charge is 0.354 e. The highest BCUT2D eigenvalue weighted by Crippen LogP contribution is 2.30. The molecule has 16 heavy (non-hydrogen) atoms. The van der Waals surface area contributed by atoms with Gasteiger partial charge in [-0.15, -0.1) is 0 Å². The van der Waals surface area contributed by atoms with Crippen molar-refractivity contribution in [3.05, 3.63) is 17.8 Å². The number of nitrogens with two attached hydrogens (primary N) is 1. The summed E-state index contributed by atoms with van der Waals surface area (Å²) in [7, 11) is 1.91. The first kappa shape index (κ1) is 10.7. The Balaban J connectivity index is 2.30. The lowest BCUT2D eigenvalue weighted by Gasteiger charge is -2.36. The molecule has 5 nitrogen and oxygen atoms in total. The maximum atomic E-state index is 10.8. The summed E-state index contributed by atoms with van der Waals surface area (Å²) in [5.74, 6) is -0.451. The molecule has 1 aliphatic carbocycles. The molecule has 1 aliphatic rings. The highest BCUT2D eigenvalue weighted by Gasteiger charge is 2.24. The van der Waals surface area contributed by atoms with Gasteiger partial charge in [-0.05, 0) is 31.4 Å². The monoisotopic (exact) mass is 221 g/mol. The number of aromatic nitrogens is 1. The van der Waals surface area contributed by atoms with E-state index in [1.807, 2.05) is 11.9 Å². The molecule has 1 aromatic rings. The van der Waals surface area contributed by atoms with Crippen molar-refractivity contribution in [2.75, 3.05) is 17.7 Å². The summed E-state index contributed by atoms with van der Waals surface area (Å²) in [5, 5.41) is 8.87. The molecule has 0 radical (unpaired) electrons. The van der Waals surface area contributed by atoms with Gasteiger partial charge in [0, 0.05) is 13.1 Å². The summed E-state index contributed by atoms with van der Waals surface area (Å²) in [6, 6.07) is 3.47. The third kappa shape index (κ3) is 1.80. The molecular weight excluding hydrogens is 206 g/mol. The van der Waals surface area contributed by atoms with Gasteiger partial charge in [-0.1, -0.05) is 0 Å². The topological polar surface area (TPSA) is 79.5 Å². The van der Waals surface area contributed by atoms with Gasteiger partial charge >= 0.3 is 5.97 Å². The molecular formula is C11H15N3O2. The normalized spacial score (nSPS) is 15.6. The van der Waals surface area contributed by atoms with E-state index in [-0.39, 0.29) is 5.69 Å². The molecule has 2 rings (SSSR count). The fourth-order valence-corrected chi connectivity index (χ4v) is 1.81. The summed E-state index contributed by atoms with van der Waals surface area (Å²) >= 11 is 0. The lowest BCUT2D eigenvalue weighted by molar-refractivity contribution is 0.0690. The Bertz CT molecular complexity index is 416. The zero-order valence-electron chi connectivity index (χ0n) is 9.18. The molecule has 1 heterocycles. The molecule has 0 aliphatic heterocycles. The van der Waals surface area contributed by atoms with Gasteiger partial charge in [0.2, 0.25) is 0 Å². The third-order valence-corrected chi connectivity index (χ3v) is 3.08. The van der Waals surface area contributed by atoms with Gasteiger partial charge in [-0.2, -0.15) is 0 Å². The molecule has 1 saturated carbocycles. The number of nitrogen functional groups attached to an aromatic ring is 1. The number of nitrogens with zero attached hydrogens (tertiary/aromatic N) is 2. The minimum atomic E-state index is -1.02. The molecule has 1 fully saturated rings. The predicted molar refractivity (Wildman–Crippen MR) is 61.7 cm³/mol. The molecule has 0 aromatic carbocycles. The van der Waals surface area contributed by atoms with E-state index in [4.69, 9.17) is 10.8 Å². The minimum Gasteiger partial charge on any atom is -0.477 e. The maximum absolute atomic E-state index is 10.8. The Morgan fingerprint density at radius 3 is 2.75 bits per heavy atom. The first-order valence-electron chi connectivity index (χ1n) is 5.32. The standard InChI is InChI=1S/C11H15N3O2/c1-14(7-3-2-4-7)10-8(12)5-6-9(13-10)11(15)16/h5-7H,2-4,12H2,1H3,(H,15,16). The highest BCUT2D eigenvalue weighted by molar-refractivity contribution is 5.87. The van der Waals surface area contributed by atoms with E-state index in [1.165, 1.54) is 12.5 Å². The Hall–Kier alpha value is -1.78. The summed E-state index contributed by atoms with van der Waals surface area (Å²) in [5.41, 5.74) is 6.37. The second kappa shape index (κ2) is 4.00. The fourth-order valence-electron chi connectivity index (χ4n) is 1.81. The van der Waals surface area contributed by atoms with E-state index in [9.17, 15) is 4.79 Å². The van der Waals surface area contributed by atoms with E-state index < -0.39 is 5.97 Å². The van der Waals surface area contributed by atoms with Gasteiger partial charge in [0.1, 0.15) is 0 Å². The summed E-state index contributed by atoms with van der Waals surface area (Å²) in [6.45, 7) is 0. The fraction of sp³-hybridized carbons (Fsp3) is 0.455. The van der Waals surface area contributed by atoms with E-state index in [0.717, 1.165) is 12.8 Å². The first-order valence-corrected chi connectivity index (χ1v) is 5.32. The Labute approximate surface area is 93.9 Å². The van der Waals surface area contributed by atoms with E-state index in [1.54, 1.807) is 6.07 Å². The molecule has 3 N–H and O–H groups in total. The Morgan fingerprint density at radius 2 is 2.25 bits per heavy atom. The van der Waals surface area contributed by atoms with Crippen molar-refractivity contribution in [1.82, 2.24) is 4.98 Å². The molecule has 1 aromatic heterocycles. The number of carboxylic acid groups (broad SMARTS) is 1. The second-order valence-corrected chi connectivity index (χ2v) is 4.11. The van der Waals surface area contributed by atoms with Crippen LogP contribution in [0.5, 0.6) is 0 Å². The van der Waals surface area contributed by atoms with Crippen LogP contribution < -0.4 is 10.6 Å². The molecule has 0 amide bonds. The number of rotatable bonds is 3. The molecule has 0 unspecified atom stereocenters. The number of anilines is 2. The van der Waals surface area contributed by atoms with Gasteiger partial charge in [0.15, 0.2) is 11.5 Å². The lowest BCUT2D eigenvalue weighted by atomic mass is 9.92. The number of pyridine rings is 1. The van der Waals surface area contributed by atoms with Crippen molar-refractivity contribution in [2.24, 2.45) is 0 Å². The van der Waals surface area contributed by atoms with E-state index >= 15 is 0 Å². The van der Waals surface area contributed by atoms with E-state index in [0.29, 0.717) is 17.5 Å². The van der Waals surface area contributed by atoms with Gasteiger partial charge in [-0.3, -0.25) is 0 Å². The van der Waals surface area contributed by atoms with Crippen LogP contribution in [0, 0.1) is 0 Å². The van der Waals surface area contributed by atoms with Crippen LogP contribution in [-0.4, -0.2) is 29.1 Å². The average molecular weight is 221 g/mol. The average Bonchev–Trinajstić information content (AvgIpc) is 2.15. The quantitative estimate of drug-likeness (QED) is 0.805. The summed E-state index contributed by atoms with van der Waals surface area (Å²) in [4.78, 5) is 16.9. The van der Waals surface area contributed by atoms with Gasteiger partial charge in [0.25, 0.3) is 0 Å². The summed E-state index contributed by atoms with van der Waals surface area (Å²) in [6.07, 6.45) is 3.46. The number of carboxylic acids is 1. The zero-order valence-corrected chi connectivity index (χ0v) is 9.18. The van der Waals surface area contributed by atoms with Crippen molar-refractivity contribution in [1.29, 1.82) is 0 Å². The number of aromatic carboxylic acids is 1. The number of hydrogen-bond acceptors (Lipinski definition) is 4. The molecule has 0 spiro atoms. The SMILES string of the molecule is CN(c1nc(C(=O)O)ccc1N)C1CCC1. The van der Waals surface area contributed by atoms with Crippen LogP contribution in [0.15, 0.2) is 12.1 Å². The van der Waals surface area contributed by atoms with Crippen LogP contribution in [-0.2, 0) is 0 Å². The van der Waals surface area contributed by atoms with Crippen LogP contribution >= 0.6 is 0 Å². The lowest BCUT2D eigenvalue weighted by Crippen LogP contribution is -2.38. The molecule has 0 bridgehead atoms. The predicted octanol–water partition coefficient (Wildman–Crippen LogP) is 1.35. The largest absolute Gasteiger partial charge is 0.477 e. The van der Waals surface area contributed by atoms with Crippen LogP contribution in [0.4, 0.5) is 11.5 Å². The van der Waals surface area contributed by atoms with Crippen molar-refractivity contribution in [2.45, 2.75) is 25.3 Å². The van der Waals surface area contributed by atoms with Crippen LogP contribution in [0.3, 0.4) is 0 Å². The first-order chi connectivity index (χ1) is 7.59. The van der Waals surface area contributed by atoms with Gasteiger partial charge < -0.3 is 15.7 Å². The Morgan fingerprint density at radius 1 is 1.56 bits per heavy atom. The van der Waals surface area contributed by atoms with E-state index in [2.05, 4.69) is 4.98 Å². The van der Waals surface area contributed by atoms with Gasteiger partial charge in [-0.25, -0.2) is 9.78 Å². The number of hydrogen-bond donors (Lipinski definition) is 2. The van der Waals surface area contributed by atoms with Crippen LogP contribution in [0.2, 0.25) is 0 Å². The van der Waals surface area contributed by atoms with Crippen LogP contribution in [0.25, 0.3) is 0 Å². The van der Waals surface area contributed by atoms with Crippen LogP contribution in [0.1, 0.15) is 29.8 Å². The molecule has 5 heteroatoms. The number of carbonyl (C=O) groups is 1. The van der Waals surface area contributed by atoms with Crippen molar-refractivity contribution in [3.63, 3.8) is 0 Å². The molecule has 86 valence electrons. The van der Waals surface area contributed by atoms with Crippen molar-refractivity contribution < 1.29 is 9.90 Å². The third-order valence-electron chi connectivity index (χ3n) is 3.08. The Kier molecular flexibility index (Phi) is 2.68. The van der Waals surface area contributed by atoms with Gasteiger partial charge in [0.05, 0.1) is 5.69 Å². The maximum Gasteiger partial charge on any atom is 0.354 e. The zero-order chi connectivity index (χ0) is 11.7. The molecule has 0 atom stereocenters. The molecule has 0 saturated heterocycles.